The van der Waals surface area contributed by atoms with Crippen molar-refractivity contribution in [2.24, 2.45) is 0 Å². The van der Waals surface area contributed by atoms with Gasteiger partial charge in [0.2, 0.25) is 0 Å². The van der Waals surface area contributed by atoms with E-state index in [9.17, 15) is 9.59 Å². The van der Waals surface area contributed by atoms with E-state index < -0.39 is 5.91 Å². The summed E-state index contributed by atoms with van der Waals surface area (Å²) in [6.07, 6.45) is 1.98. The molecular weight excluding hydrogens is 370 g/mol. The van der Waals surface area contributed by atoms with Crippen molar-refractivity contribution in [2.45, 2.75) is 18.9 Å². The summed E-state index contributed by atoms with van der Waals surface area (Å²) in [7, 11) is 1.51. The van der Waals surface area contributed by atoms with E-state index in [-0.39, 0.29) is 23.4 Å². The smallest absolute Gasteiger partial charge is 0.274 e. The van der Waals surface area contributed by atoms with Gasteiger partial charge in [-0.15, -0.1) is 0 Å². The molecule has 0 aliphatic carbocycles. The summed E-state index contributed by atoms with van der Waals surface area (Å²) in [6, 6.07) is 9.62. The number of carbonyl (C=O) groups is 2. The molecule has 0 saturated carbocycles. The van der Waals surface area contributed by atoms with Crippen molar-refractivity contribution in [3.05, 3.63) is 52.8 Å². The lowest BCUT2D eigenvalue weighted by molar-refractivity contribution is 0.0853. The number of rotatable bonds is 6. The van der Waals surface area contributed by atoms with Crippen LogP contribution in [0.2, 0.25) is 5.02 Å². The van der Waals surface area contributed by atoms with E-state index in [0.29, 0.717) is 23.0 Å². The fourth-order valence-corrected chi connectivity index (χ4v) is 2.99. The average molecular weight is 390 g/mol. The van der Waals surface area contributed by atoms with Crippen molar-refractivity contribution < 1.29 is 19.1 Å². The first-order valence-electron chi connectivity index (χ1n) is 8.58. The molecule has 27 heavy (non-hydrogen) atoms. The number of carbonyl (C=O) groups excluding carboxylic acids is 2. The number of hydrogen-bond donors (Lipinski definition) is 2. The highest BCUT2D eigenvalue weighted by Gasteiger charge is 2.18. The van der Waals surface area contributed by atoms with Crippen molar-refractivity contribution in [2.75, 3.05) is 25.6 Å². The first kappa shape index (κ1) is 19.1. The molecule has 1 saturated heterocycles. The predicted octanol–water partition coefficient (Wildman–Crippen LogP) is 2.90. The fourth-order valence-electron chi connectivity index (χ4n) is 2.73. The van der Waals surface area contributed by atoms with Crippen LogP contribution in [0.5, 0.6) is 5.75 Å². The molecule has 1 aliphatic heterocycles. The third kappa shape index (κ3) is 4.96. The monoisotopic (exact) mass is 389 g/mol. The summed E-state index contributed by atoms with van der Waals surface area (Å²) >= 11 is 6.06. The Morgan fingerprint density at radius 1 is 1.26 bits per heavy atom. The van der Waals surface area contributed by atoms with E-state index in [1.54, 1.807) is 30.3 Å². The summed E-state index contributed by atoms with van der Waals surface area (Å²) < 4.78 is 10.6. The maximum Gasteiger partial charge on any atom is 0.274 e. The van der Waals surface area contributed by atoms with Crippen molar-refractivity contribution in [1.82, 2.24) is 10.3 Å². The topological polar surface area (TPSA) is 89.5 Å². The molecule has 2 N–H and O–H groups in total. The minimum absolute atomic E-state index is 0.0419. The Morgan fingerprint density at radius 3 is 2.70 bits per heavy atom. The zero-order chi connectivity index (χ0) is 19.2. The highest BCUT2D eigenvalue weighted by molar-refractivity contribution is 6.32. The number of anilines is 1. The first-order valence-corrected chi connectivity index (χ1v) is 8.96. The van der Waals surface area contributed by atoms with Gasteiger partial charge in [0, 0.05) is 18.8 Å². The highest BCUT2D eigenvalue weighted by atomic mass is 35.5. The van der Waals surface area contributed by atoms with Crippen LogP contribution in [0.3, 0.4) is 0 Å². The van der Waals surface area contributed by atoms with Crippen molar-refractivity contribution >= 4 is 29.1 Å². The van der Waals surface area contributed by atoms with Crippen molar-refractivity contribution in [1.29, 1.82) is 0 Å². The van der Waals surface area contributed by atoms with Crippen molar-refractivity contribution in [3.8, 4) is 5.75 Å². The van der Waals surface area contributed by atoms with E-state index in [4.69, 9.17) is 21.1 Å². The van der Waals surface area contributed by atoms with E-state index >= 15 is 0 Å². The third-order valence-electron chi connectivity index (χ3n) is 4.14. The molecule has 142 valence electrons. The zero-order valence-corrected chi connectivity index (χ0v) is 15.6. The number of benzene rings is 1. The number of nitrogens with zero attached hydrogens (tertiary/aromatic N) is 1. The highest BCUT2D eigenvalue weighted by Crippen LogP contribution is 2.27. The van der Waals surface area contributed by atoms with Crippen LogP contribution in [0.25, 0.3) is 0 Å². The van der Waals surface area contributed by atoms with Crippen LogP contribution in [0.15, 0.2) is 36.4 Å². The lowest BCUT2D eigenvalue weighted by Gasteiger charge is -2.11. The van der Waals surface area contributed by atoms with Crippen LogP contribution in [0, 0.1) is 0 Å². The number of aromatic nitrogens is 1. The van der Waals surface area contributed by atoms with Gasteiger partial charge in [-0.3, -0.25) is 9.59 Å². The van der Waals surface area contributed by atoms with Gasteiger partial charge in [-0.05, 0) is 43.2 Å². The molecule has 0 radical (unpaired) electrons. The fraction of sp³-hybridized carbons (Fsp3) is 0.316. The molecule has 1 fully saturated rings. The standard InChI is InChI=1S/C19H20ClN3O4/c1-26-17-8-7-12(10-14(17)20)22-19(25)16-6-2-5-15(23-16)18(24)21-11-13-4-3-9-27-13/h2,5-8,10,13H,3-4,9,11H2,1H3,(H,21,24)(H,22,25). The SMILES string of the molecule is COc1ccc(NC(=O)c2cccc(C(=O)NCC3CCCO3)n2)cc1Cl. The Labute approximate surface area is 162 Å². The number of hydrogen-bond acceptors (Lipinski definition) is 5. The van der Waals surface area contributed by atoms with Gasteiger partial charge in [0.25, 0.3) is 11.8 Å². The minimum Gasteiger partial charge on any atom is -0.495 e. The molecule has 0 spiro atoms. The summed E-state index contributed by atoms with van der Waals surface area (Å²) in [5.41, 5.74) is 0.806. The van der Waals surface area contributed by atoms with Crippen LogP contribution in [-0.2, 0) is 4.74 Å². The summed E-state index contributed by atoms with van der Waals surface area (Å²) in [4.78, 5) is 28.8. The maximum absolute atomic E-state index is 12.4. The van der Waals surface area contributed by atoms with Crippen LogP contribution in [-0.4, -0.2) is 43.2 Å². The molecular formula is C19H20ClN3O4. The second-order valence-corrected chi connectivity index (χ2v) is 6.46. The minimum atomic E-state index is -0.440. The van der Waals surface area contributed by atoms with E-state index in [1.165, 1.54) is 13.2 Å². The van der Waals surface area contributed by atoms with Gasteiger partial charge < -0.3 is 20.1 Å². The second kappa shape index (κ2) is 8.83. The lowest BCUT2D eigenvalue weighted by Crippen LogP contribution is -2.32. The van der Waals surface area contributed by atoms with Crippen molar-refractivity contribution in [3.63, 3.8) is 0 Å². The normalized spacial score (nSPS) is 16.0. The molecule has 1 atom stereocenters. The van der Waals surface area contributed by atoms with Crippen LogP contribution in [0.4, 0.5) is 5.69 Å². The maximum atomic E-state index is 12.4. The molecule has 1 aliphatic rings. The van der Waals surface area contributed by atoms with Gasteiger partial charge in [-0.1, -0.05) is 17.7 Å². The van der Waals surface area contributed by atoms with Gasteiger partial charge in [0.05, 0.1) is 18.2 Å². The number of pyridine rings is 1. The Hall–Kier alpha value is -2.64. The third-order valence-corrected chi connectivity index (χ3v) is 4.43. The Kier molecular flexibility index (Phi) is 6.26. The van der Waals surface area contributed by atoms with E-state index in [1.807, 2.05) is 0 Å². The molecule has 1 aromatic carbocycles. The number of amides is 2. The predicted molar refractivity (Wildman–Crippen MR) is 102 cm³/mol. The van der Waals surface area contributed by atoms with E-state index in [0.717, 1.165) is 19.4 Å². The van der Waals surface area contributed by atoms with Gasteiger partial charge in [0.15, 0.2) is 0 Å². The molecule has 2 amide bonds. The molecule has 3 rings (SSSR count). The lowest BCUT2D eigenvalue weighted by atomic mass is 10.2. The Balaban J connectivity index is 1.64. The van der Waals surface area contributed by atoms with Gasteiger partial charge in [-0.2, -0.15) is 0 Å². The molecule has 0 bridgehead atoms. The summed E-state index contributed by atoms with van der Waals surface area (Å²) in [6.45, 7) is 1.16. The van der Waals surface area contributed by atoms with Crippen LogP contribution < -0.4 is 15.4 Å². The second-order valence-electron chi connectivity index (χ2n) is 6.06. The Bertz CT molecular complexity index is 837. The largest absolute Gasteiger partial charge is 0.495 e. The zero-order valence-electron chi connectivity index (χ0n) is 14.8. The number of halogens is 1. The molecule has 1 unspecified atom stereocenters. The number of ether oxygens (including phenoxy) is 2. The number of nitrogens with one attached hydrogen (secondary N) is 2. The molecule has 1 aromatic heterocycles. The van der Waals surface area contributed by atoms with Gasteiger partial charge in [-0.25, -0.2) is 4.98 Å². The summed E-state index contributed by atoms with van der Waals surface area (Å²) in [5, 5.41) is 5.87. The van der Waals surface area contributed by atoms with Crippen LogP contribution >= 0.6 is 11.6 Å². The molecule has 8 heteroatoms. The average Bonchev–Trinajstić information content (AvgIpc) is 3.20. The molecule has 2 aromatic rings. The molecule has 2 heterocycles. The number of methoxy groups -OCH3 is 1. The Morgan fingerprint density at radius 2 is 2.04 bits per heavy atom. The summed E-state index contributed by atoms with van der Waals surface area (Å²) in [5.74, 6) is -0.268. The molecule has 7 nitrogen and oxygen atoms in total. The van der Waals surface area contributed by atoms with E-state index in [2.05, 4.69) is 15.6 Å². The van der Waals surface area contributed by atoms with Gasteiger partial charge in [0.1, 0.15) is 17.1 Å². The first-order chi connectivity index (χ1) is 13.1. The quantitative estimate of drug-likeness (QED) is 0.792. The van der Waals surface area contributed by atoms with Crippen LogP contribution in [0.1, 0.15) is 33.8 Å². The van der Waals surface area contributed by atoms with Gasteiger partial charge >= 0.3 is 0 Å².